The SMILES string of the molecule is CCN(CCC(=O)N1CCCC1)C(=O)c1cc2n(n1)CCCN(Cc1ccc(F)cc1)C2=O. The molecule has 2 aliphatic rings. The molecule has 8 nitrogen and oxygen atoms in total. The second-order valence-electron chi connectivity index (χ2n) is 8.57. The second kappa shape index (κ2) is 10.1. The Morgan fingerprint density at radius 2 is 1.79 bits per heavy atom. The first kappa shape index (κ1) is 22.9. The molecule has 9 heteroatoms. The first-order chi connectivity index (χ1) is 16.0. The molecule has 33 heavy (non-hydrogen) atoms. The van der Waals surface area contributed by atoms with E-state index in [0.29, 0.717) is 44.8 Å². The lowest BCUT2D eigenvalue weighted by molar-refractivity contribution is -0.130. The van der Waals surface area contributed by atoms with Crippen molar-refractivity contribution in [1.29, 1.82) is 0 Å². The van der Waals surface area contributed by atoms with Crippen molar-refractivity contribution in [3.8, 4) is 0 Å². The van der Waals surface area contributed by atoms with E-state index >= 15 is 0 Å². The predicted molar refractivity (Wildman–Crippen MR) is 120 cm³/mol. The molecule has 1 saturated heterocycles. The van der Waals surface area contributed by atoms with Crippen molar-refractivity contribution < 1.29 is 18.8 Å². The molecule has 1 aromatic heterocycles. The molecule has 3 amide bonds. The molecule has 0 N–H and O–H groups in total. The van der Waals surface area contributed by atoms with Crippen LogP contribution in [0.2, 0.25) is 0 Å². The van der Waals surface area contributed by atoms with Crippen LogP contribution < -0.4 is 0 Å². The van der Waals surface area contributed by atoms with Crippen LogP contribution in [-0.2, 0) is 17.9 Å². The Bertz CT molecular complexity index is 1010. The minimum absolute atomic E-state index is 0.0750. The first-order valence-corrected chi connectivity index (χ1v) is 11.6. The van der Waals surface area contributed by atoms with E-state index in [1.807, 2.05) is 11.8 Å². The number of rotatable bonds is 7. The average molecular weight is 456 g/mol. The Morgan fingerprint density at radius 1 is 1.06 bits per heavy atom. The van der Waals surface area contributed by atoms with Crippen molar-refractivity contribution in [1.82, 2.24) is 24.5 Å². The maximum atomic E-state index is 13.2. The van der Waals surface area contributed by atoms with Crippen molar-refractivity contribution >= 4 is 17.7 Å². The number of hydrogen-bond acceptors (Lipinski definition) is 4. The number of likely N-dealkylation sites (tertiary alicyclic amines) is 1. The van der Waals surface area contributed by atoms with Gasteiger partial charge < -0.3 is 14.7 Å². The molecule has 0 atom stereocenters. The van der Waals surface area contributed by atoms with Crippen LogP contribution in [0.5, 0.6) is 0 Å². The summed E-state index contributed by atoms with van der Waals surface area (Å²) in [5.74, 6) is -0.711. The molecule has 0 unspecified atom stereocenters. The lowest BCUT2D eigenvalue weighted by Gasteiger charge is -2.22. The van der Waals surface area contributed by atoms with E-state index in [0.717, 1.165) is 31.5 Å². The van der Waals surface area contributed by atoms with Gasteiger partial charge in [0, 0.05) is 58.3 Å². The van der Waals surface area contributed by atoms with Crippen LogP contribution in [0.3, 0.4) is 0 Å². The Kier molecular flexibility index (Phi) is 7.05. The lowest BCUT2D eigenvalue weighted by Crippen LogP contribution is -2.36. The monoisotopic (exact) mass is 455 g/mol. The van der Waals surface area contributed by atoms with Crippen molar-refractivity contribution in [2.24, 2.45) is 0 Å². The van der Waals surface area contributed by atoms with Gasteiger partial charge in [0.1, 0.15) is 11.5 Å². The highest BCUT2D eigenvalue weighted by Gasteiger charge is 2.28. The van der Waals surface area contributed by atoms with Crippen LogP contribution in [0.25, 0.3) is 0 Å². The zero-order valence-corrected chi connectivity index (χ0v) is 19.0. The molecule has 0 bridgehead atoms. The summed E-state index contributed by atoms with van der Waals surface area (Å²) in [5.41, 5.74) is 1.44. The van der Waals surface area contributed by atoms with Gasteiger partial charge in [-0.15, -0.1) is 0 Å². The van der Waals surface area contributed by atoms with Gasteiger partial charge in [-0.3, -0.25) is 19.1 Å². The normalized spacial score (nSPS) is 16.0. The fourth-order valence-electron chi connectivity index (χ4n) is 4.42. The molecule has 0 aliphatic carbocycles. The first-order valence-electron chi connectivity index (χ1n) is 11.6. The van der Waals surface area contributed by atoms with E-state index in [9.17, 15) is 18.8 Å². The Hall–Kier alpha value is -3.23. The summed E-state index contributed by atoms with van der Waals surface area (Å²) in [6.45, 7) is 5.71. The quantitative estimate of drug-likeness (QED) is 0.643. The van der Waals surface area contributed by atoms with Crippen LogP contribution in [0.4, 0.5) is 4.39 Å². The molecule has 1 fully saturated rings. The number of aryl methyl sites for hydroxylation is 1. The van der Waals surface area contributed by atoms with Gasteiger partial charge >= 0.3 is 0 Å². The minimum atomic E-state index is -0.315. The van der Waals surface area contributed by atoms with Gasteiger partial charge in [0.05, 0.1) is 0 Å². The number of halogens is 1. The van der Waals surface area contributed by atoms with Gasteiger partial charge in [0.2, 0.25) is 5.91 Å². The summed E-state index contributed by atoms with van der Waals surface area (Å²) in [6.07, 6.45) is 3.07. The molecule has 0 saturated carbocycles. The van der Waals surface area contributed by atoms with Gasteiger partial charge in [0.15, 0.2) is 5.69 Å². The third-order valence-electron chi connectivity index (χ3n) is 6.31. The van der Waals surface area contributed by atoms with Gasteiger partial charge in [-0.1, -0.05) is 12.1 Å². The van der Waals surface area contributed by atoms with Crippen molar-refractivity contribution in [2.75, 3.05) is 32.7 Å². The molecule has 2 aromatic rings. The van der Waals surface area contributed by atoms with Crippen LogP contribution in [0.1, 0.15) is 59.1 Å². The Balaban J connectivity index is 1.43. The third-order valence-corrected chi connectivity index (χ3v) is 6.31. The maximum Gasteiger partial charge on any atom is 0.274 e. The molecular weight excluding hydrogens is 425 g/mol. The number of nitrogens with zero attached hydrogens (tertiary/aromatic N) is 5. The number of fused-ring (bicyclic) bond motifs is 1. The topological polar surface area (TPSA) is 78.8 Å². The van der Waals surface area contributed by atoms with Gasteiger partial charge in [0.25, 0.3) is 11.8 Å². The molecule has 2 aliphatic heterocycles. The number of aromatic nitrogens is 2. The molecular formula is C24H30FN5O3. The second-order valence-corrected chi connectivity index (χ2v) is 8.57. The lowest BCUT2D eigenvalue weighted by atomic mass is 10.2. The summed E-state index contributed by atoms with van der Waals surface area (Å²) in [7, 11) is 0. The van der Waals surface area contributed by atoms with E-state index in [1.165, 1.54) is 12.1 Å². The molecule has 4 rings (SSSR count). The summed E-state index contributed by atoms with van der Waals surface area (Å²) in [6, 6.07) is 7.65. The zero-order valence-electron chi connectivity index (χ0n) is 19.0. The Morgan fingerprint density at radius 3 is 2.48 bits per heavy atom. The van der Waals surface area contributed by atoms with Crippen LogP contribution in [0.15, 0.2) is 30.3 Å². The number of carbonyl (C=O) groups is 3. The largest absolute Gasteiger partial charge is 0.343 e. The molecule has 0 radical (unpaired) electrons. The fraction of sp³-hybridized carbons (Fsp3) is 0.500. The van der Waals surface area contributed by atoms with Crippen molar-refractivity contribution in [3.05, 3.63) is 53.1 Å². The molecule has 176 valence electrons. The number of hydrogen-bond donors (Lipinski definition) is 0. The van der Waals surface area contributed by atoms with Crippen LogP contribution in [-0.4, -0.2) is 74.9 Å². The minimum Gasteiger partial charge on any atom is -0.343 e. The average Bonchev–Trinajstić information content (AvgIpc) is 3.48. The van der Waals surface area contributed by atoms with Crippen LogP contribution in [0, 0.1) is 5.82 Å². The van der Waals surface area contributed by atoms with E-state index in [1.54, 1.807) is 32.7 Å². The highest BCUT2D eigenvalue weighted by molar-refractivity contribution is 5.98. The van der Waals surface area contributed by atoms with E-state index in [-0.39, 0.29) is 35.7 Å². The standard InChI is InChI=1S/C24H30FN5O3/c1-2-27(15-10-22(31)28-11-3-4-12-28)23(32)20-16-21-24(33)29(13-5-14-30(21)26-20)17-18-6-8-19(25)9-7-18/h6-9,16H,2-5,10-15,17H2,1H3. The highest BCUT2D eigenvalue weighted by Crippen LogP contribution is 2.18. The highest BCUT2D eigenvalue weighted by atomic mass is 19.1. The van der Waals surface area contributed by atoms with E-state index in [2.05, 4.69) is 5.10 Å². The number of amides is 3. The predicted octanol–water partition coefficient (Wildman–Crippen LogP) is 2.54. The molecule has 1 aromatic carbocycles. The summed E-state index contributed by atoms with van der Waals surface area (Å²) >= 11 is 0. The maximum absolute atomic E-state index is 13.2. The smallest absolute Gasteiger partial charge is 0.274 e. The third kappa shape index (κ3) is 5.23. The summed E-state index contributed by atoms with van der Waals surface area (Å²) in [4.78, 5) is 43.8. The van der Waals surface area contributed by atoms with Gasteiger partial charge in [-0.2, -0.15) is 5.10 Å². The van der Waals surface area contributed by atoms with Gasteiger partial charge in [-0.05, 0) is 43.9 Å². The molecule has 0 spiro atoms. The van der Waals surface area contributed by atoms with E-state index in [4.69, 9.17) is 0 Å². The Labute approximate surface area is 192 Å². The molecule has 3 heterocycles. The fourth-order valence-corrected chi connectivity index (χ4v) is 4.42. The number of carbonyl (C=O) groups excluding carboxylic acids is 3. The van der Waals surface area contributed by atoms with Crippen molar-refractivity contribution in [3.63, 3.8) is 0 Å². The summed E-state index contributed by atoms with van der Waals surface area (Å²) < 4.78 is 14.8. The van der Waals surface area contributed by atoms with Crippen molar-refractivity contribution in [2.45, 2.75) is 45.7 Å². The zero-order chi connectivity index (χ0) is 23.4. The van der Waals surface area contributed by atoms with E-state index < -0.39 is 0 Å². The number of benzene rings is 1. The van der Waals surface area contributed by atoms with Crippen LogP contribution >= 0.6 is 0 Å². The van der Waals surface area contributed by atoms with Gasteiger partial charge in [-0.25, -0.2) is 4.39 Å². The summed E-state index contributed by atoms with van der Waals surface area (Å²) in [5, 5.41) is 4.42.